The predicted molar refractivity (Wildman–Crippen MR) is 70.3 cm³/mol. The first kappa shape index (κ1) is 13.0. The first-order valence-electron chi connectivity index (χ1n) is 4.90. The van der Waals surface area contributed by atoms with Gasteiger partial charge in [-0.05, 0) is 33.8 Å². The molecule has 2 aromatic heterocycles. The third-order valence-electron chi connectivity index (χ3n) is 2.25. The molecular weight excluding hydrogens is 277 g/mol. The van der Waals surface area contributed by atoms with E-state index < -0.39 is 13.4 Å². The van der Waals surface area contributed by atoms with Gasteiger partial charge in [-0.1, -0.05) is 6.07 Å². The maximum absolute atomic E-state index is 11.4. The van der Waals surface area contributed by atoms with E-state index in [0.717, 1.165) is 4.88 Å². The van der Waals surface area contributed by atoms with Crippen LogP contribution in [0.4, 0.5) is 0 Å². The quantitative estimate of drug-likeness (QED) is 0.740. The smallest absolute Gasteiger partial charge is 0.323 e. The fourth-order valence-corrected chi connectivity index (χ4v) is 3.79. The van der Waals surface area contributed by atoms with Gasteiger partial charge in [0.15, 0.2) is 0 Å². The highest BCUT2D eigenvalue weighted by Gasteiger charge is 2.30. The topological polar surface area (TPSA) is 69.6 Å². The van der Waals surface area contributed by atoms with Gasteiger partial charge in [0.2, 0.25) is 0 Å². The second-order valence-corrected chi connectivity index (χ2v) is 7.02. The minimum absolute atomic E-state index is 0.462. The summed E-state index contributed by atoms with van der Waals surface area (Å²) < 4.78 is 11.4. The monoisotopic (exact) mass is 289 g/mol. The highest BCUT2D eigenvalue weighted by Crippen LogP contribution is 2.50. The molecule has 0 radical (unpaired) electrons. The molecule has 0 aliphatic heterocycles. The molecule has 0 saturated carbocycles. The van der Waals surface area contributed by atoms with Crippen molar-refractivity contribution in [3.8, 4) is 0 Å². The Kier molecular flexibility index (Phi) is 4.14. The van der Waals surface area contributed by atoms with Crippen LogP contribution in [0.15, 0.2) is 34.3 Å². The van der Waals surface area contributed by atoms with Crippen molar-refractivity contribution in [2.75, 3.05) is 0 Å². The second-order valence-electron chi connectivity index (χ2n) is 3.51. The van der Waals surface area contributed by atoms with Gasteiger partial charge in [-0.25, -0.2) is 0 Å². The zero-order chi connectivity index (χ0) is 12.3. The van der Waals surface area contributed by atoms with Crippen molar-refractivity contribution in [3.63, 3.8) is 0 Å². The Morgan fingerprint density at radius 3 is 2.71 bits per heavy atom. The third-order valence-corrected chi connectivity index (χ3v) is 4.98. The fourth-order valence-electron chi connectivity index (χ4n) is 1.47. The lowest BCUT2D eigenvalue weighted by Gasteiger charge is -2.18. The average molecular weight is 289 g/mol. The van der Waals surface area contributed by atoms with Gasteiger partial charge in [-0.15, -0.1) is 11.3 Å². The molecule has 17 heavy (non-hydrogen) atoms. The SMILES string of the molecule is O=P(O)(O)[C@@H](NCc1cccs1)c1ccsc1. The molecule has 0 aromatic carbocycles. The Bertz CT molecular complexity index is 492. The summed E-state index contributed by atoms with van der Waals surface area (Å²) in [5.74, 6) is -0.921. The molecule has 4 nitrogen and oxygen atoms in total. The van der Waals surface area contributed by atoms with Gasteiger partial charge in [-0.3, -0.25) is 9.88 Å². The number of nitrogens with one attached hydrogen (secondary N) is 1. The molecule has 92 valence electrons. The molecule has 2 heterocycles. The lowest BCUT2D eigenvalue weighted by atomic mass is 10.3. The summed E-state index contributed by atoms with van der Waals surface area (Å²) in [5, 5.41) is 8.42. The van der Waals surface area contributed by atoms with Crippen molar-refractivity contribution >= 4 is 30.3 Å². The van der Waals surface area contributed by atoms with E-state index >= 15 is 0 Å². The molecular formula is C10H12NO3PS2. The maximum Gasteiger partial charge on any atom is 0.346 e. The van der Waals surface area contributed by atoms with Crippen LogP contribution in [0.3, 0.4) is 0 Å². The third kappa shape index (κ3) is 3.48. The lowest BCUT2D eigenvalue weighted by Crippen LogP contribution is -2.20. The van der Waals surface area contributed by atoms with Crippen LogP contribution in [0.2, 0.25) is 0 Å². The molecule has 0 saturated heterocycles. The van der Waals surface area contributed by atoms with Crippen LogP contribution in [0.5, 0.6) is 0 Å². The van der Waals surface area contributed by atoms with Gasteiger partial charge in [0.25, 0.3) is 0 Å². The molecule has 0 spiro atoms. The van der Waals surface area contributed by atoms with Crippen molar-refractivity contribution in [3.05, 3.63) is 44.8 Å². The predicted octanol–water partition coefficient (Wildman–Crippen LogP) is 2.78. The molecule has 7 heteroatoms. The van der Waals surface area contributed by atoms with E-state index in [1.165, 1.54) is 11.3 Å². The Morgan fingerprint density at radius 1 is 1.35 bits per heavy atom. The van der Waals surface area contributed by atoms with Gasteiger partial charge >= 0.3 is 7.60 Å². The van der Waals surface area contributed by atoms with Crippen LogP contribution in [-0.2, 0) is 11.1 Å². The first-order chi connectivity index (χ1) is 8.07. The van der Waals surface area contributed by atoms with Gasteiger partial charge in [-0.2, -0.15) is 11.3 Å². The number of hydrogen-bond acceptors (Lipinski definition) is 4. The van der Waals surface area contributed by atoms with Gasteiger partial charge < -0.3 is 9.79 Å². The molecule has 3 N–H and O–H groups in total. The Labute approximate surface area is 107 Å². The van der Waals surface area contributed by atoms with E-state index in [4.69, 9.17) is 0 Å². The minimum Gasteiger partial charge on any atom is -0.323 e. The van der Waals surface area contributed by atoms with Crippen LogP contribution in [0.1, 0.15) is 16.2 Å². The molecule has 0 amide bonds. The maximum atomic E-state index is 11.4. The zero-order valence-corrected chi connectivity index (χ0v) is 11.3. The number of thiophene rings is 2. The minimum atomic E-state index is -4.18. The van der Waals surface area contributed by atoms with E-state index in [1.54, 1.807) is 22.8 Å². The standard InChI is InChI=1S/C10H12NO3PS2/c12-15(13,14)10(8-3-5-16-7-8)11-6-9-2-1-4-17-9/h1-5,7,10-11H,6H2,(H2,12,13,14)/t10-/m1/s1. The van der Waals surface area contributed by atoms with Gasteiger partial charge in [0.05, 0.1) is 0 Å². The summed E-state index contributed by atoms with van der Waals surface area (Å²) in [6.45, 7) is 0.462. The zero-order valence-electron chi connectivity index (χ0n) is 8.81. The van der Waals surface area contributed by atoms with Crippen molar-refractivity contribution < 1.29 is 14.4 Å². The molecule has 0 aliphatic carbocycles. The Hall–Kier alpha value is -0.490. The van der Waals surface area contributed by atoms with E-state index in [1.807, 2.05) is 22.9 Å². The molecule has 0 bridgehead atoms. The second kappa shape index (κ2) is 5.44. The van der Waals surface area contributed by atoms with Crippen molar-refractivity contribution in [1.29, 1.82) is 0 Å². The normalized spacial score (nSPS) is 13.8. The Balaban J connectivity index is 2.10. The van der Waals surface area contributed by atoms with Crippen LogP contribution >= 0.6 is 30.3 Å². The van der Waals surface area contributed by atoms with E-state index in [0.29, 0.717) is 12.1 Å². The van der Waals surface area contributed by atoms with E-state index in [-0.39, 0.29) is 0 Å². The van der Waals surface area contributed by atoms with Crippen LogP contribution in [0, 0.1) is 0 Å². The van der Waals surface area contributed by atoms with Crippen molar-refractivity contribution in [2.45, 2.75) is 12.3 Å². The average Bonchev–Trinajstić information content (AvgIpc) is 2.86. The molecule has 0 fully saturated rings. The van der Waals surface area contributed by atoms with E-state index in [9.17, 15) is 14.4 Å². The molecule has 1 atom stereocenters. The summed E-state index contributed by atoms with van der Waals surface area (Å²) in [7, 11) is -4.18. The van der Waals surface area contributed by atoms with Crippen LogP contribution in [-0.4, -0.2) is 9.79 Å². The van der Waals surface area contributed by atoms with Crippen molar-refractivity contribution in [1.82, 2.24) is 5.32 Å². The van der Waals surface area contributed by atoms with E-state index in [2.05, 4.69) is 5.32 Å². The fraction of sp³-hybridized carbons (Fsp3) is 0.200. The molecule has 2 aromatic rings. The summed E-state index contributed by atoms with van der Waals surface area (Å²) in [5.41, 5.74) is 0.639. The molecule has 2 rings (SSSR count). The number of rotatable bonds is 5. The summed E-state index contributed by atoms with van der Waals surface area (Å²) in [4.78, 5) is 19.7. The highest BCUT2D eigenvalue weighted by atomic mass is 32.1. The van der Waals surface area contributed by atoms with Crippen LogP contribution < -0.4 is 5.32 Å². The lowest BCUT2D eigenvalue weighted by molar-refractivity contribution is 0.347. The molecule has 0 aliphatic rings. The summed E-state index contributed by atoms with van der Waals surface area (Å²) in [6, 6.07) is 5.58. The largest absolute Gasteiger partial charge is 0.346 e. The van der Waals surface area contributed by atoms with Crippen molar-refractivity contribution in [2.24, 2.45) is 0 Å². The summed E-state index contributed by atoms with van der Waals surface area (Å²) in [6.07, 6.45) is 0. The van der Waals surface area contributed by atoms with Crippen LogP contribution in [0.25, 0.3) is 0 Å². The highest BCUT2D eigenvalue weighted by molar-refractivity contribution is 7.52. The first-order valence-corrected chi connectivity index (χ1v) is 8.41. The number of hydrogen-bond donors (Lipinski definition) is 3. The van der Waals surface area contributed by atoms with Gasteiger partial charge in [0, 0.05) is 11.4 Å². The Morgan fingerprint density at radius 2 is 2.18 bits per heavy atom. The molecule has 0 unspecified atom stereocenters. The van der Waals surface area contributed by atoms with Gasteiger partial charge in [0.1, 0.15) is 5.78 Å². The summed E-state index contributed by atoms with van der Waals surface area (Å²) >= 11 is 2.99.